The van der Waals surface area contributed by atoms with Crippen molar-refractivity contribution in [3.63, 3.8) is 0 Å². The van der Waals surface area contributed by atoms with Crippen LogP contribution in [-0.2, 0) is 6.54 Å². The maximum Gasteiger partial charge on any atom is 0.0328 e. The maximum atomic E-state index is 3.62. The first-order valence-corrected chi connectivity index (χ1v) is 7.67. The lowest BCUT2D eigenvalue weighted by Crippen LogP contribution is -2.43. The Labute approximate surface area is 109 Å². The van der Waals surface area contributed by atoms with Crippen LogP contribution in [-0.4, -0.2) is 30.6 Å². The largest absolute Gasteiger partial charge is 0.314 e. The number of fused-ring (bicyclic) bond motifs is 1. The first-order chi connectivity index (χ1) is 7.81. The Hall–Kier alpha value is 0.1000. The van der Waals surface area contributed by atoms with E-state index < -0.39 is 0 Å². The summed E-state index contributed by atoms with van der Waals surface area (Å²) in [5.41, 5.74) is 0. The molecule has 3 heterocycles. The van der Waals surface area contributed by atoms with Gasteiger partial charge in [0, 0.05) is 40.4 Å². The predicted octanol–water partition coefficient (Wildman–Crippen LogP) is 2.69. The fourth-order valence-electron chi connectivity index (χ4n) is 2.92. The first kappa shape index (κ1) is 11.2. The zero-order chi connectivity index (χ0) is 11.0. The van der Waals surface area contributed by atoms with E-state index >= 15 is 0 Å². The number of halogens is 1. The molecule has 2 aliphatic rings. The van der Waals surface area contributed by atoms with E-state index in [2.05, 4.69) is 37.6 Å². The van der Waals surface area contributed by atoms with Crippen molar-refractivity contribution in [3.05, 3.63) is 20.8 Å². The molecular weight excluding hydrogens is 284 g/mol. The quantitative estimate of drug-likeness (QED) is 0.903. The Kier molecular flexibility index (Phi) is 3.34. The van der Waals surface area contributed by atoms with Gasteiger partial charge in [0.1, 0.15) is 0 Å². The van der Waals surface area contributed by atoms with Gasteiger partial charge in [0.25, 0.3) is 0 Å². The van der Waals surface area contributed by atoms with Crippen molar-refractivity contribution in [2.45, 2.75) is 25.4 Å². The Morgan fingerprint density at radius 1 is 1.50 bits per heavy atom. The Morgan fingerprint density at radius 2 is 2.44 bits per heavy atom. The van der Waals surface area contributed by atoms with Crippen molar-refractivity contribution < 1.29 is 0 Å². The van der Waals surface area contributed by atoms with Crippen LogP contribution >= 0.6 is 27.3 Å². The molecule has 2 aliphatic heterocycles. The minimum Gasteiger partial charge on any atom is -0.314 e. The van der Waals surface area contributed by atoms with Gasteiger partial charge >= 0.3 is 0 Å². The van der Waals surface area contributed by atoms with E-state index in [4.69, 9.17) is 0 Å². The molecule has 0 radical (unpaired) electrons. The molecule has 16 heavy (non-hydrogen) atoms. The van der Waals surface area contributed by atoms with Gasteiger partial charge < -0.3 is 5.32 Å². The van der Waals surface area contributed by atoms with Crippen molar-refractivity contribution in [1.29, 1.82) is 0 Å². The Morgan fingerprint density at radius 3 is 3.25 bits per heavy atom. The molecule has 3 rings (SSSR count). The molecule has 2 unspecified atom stereocenters. The smallest absolute Gasteiger partial charge is 0.0328 e. The molecule has 4 heteroatoms. The van der Waals surface area contributed by atoms with Crippen molar-refractivity contribution in [2.24, 2.45) is 5.92 Å². The van der Waals surface area contributed by atoms with Gasteiger partial charge in [-0.2, -0.15) is 0 Å². The minimum atomic E-state index is 0.811. The highest BCUT2D eigenvalue weighted by molar-refractivity contribution is 9.10. The third-order valence-electron chi connectivity index (χ3n) is 3.74. The number of hydrogen-bond acceptors (Lipinski definition) is 3. The number of rotatable bonds is 2. The summed E-state index contributed by atoms with van der Waals surface area (Å²) in [4.78, 5) is 4.10. The lowest BCUT2D eigenvalue weighted by Gasteiger charge is -2.34. The van der Waals surface area contributed by atoms with Crippen molar-refractivity contribution >= 4 is 27.3 Å². The highest BCUT2D eigenvalue weighted by Crippen LogP contribution is 2.27. The van der Waals surface area contributed by atoms with Crippen molar-refractivity contribution in [2.75, 3.05) is 19.6 Å². The van der Waals surface area contributed by atoms with E-state index in [0.717, 1.165) is 18.5 Å². The molecule has 1 aromatic rings. The third-order valence-corrected chi connectivity index (χ3v) is 5.42. The Balaban J connectivity index is 1.60. The molecule has 2 fully saturated rings. The van der Waals surface area contributed by atoms with Crippen LogP contribution in [0.5, 0.6) is 0 Å². The fourth-order valence-corrected chi connectivity index (χ4v) is 4.42. The summed E-state index contributed by atoms with van der Waals surface area (Å²) in [6, 6.07) is 3.07. The van der Waals surface area contributed by atoms with Gasteiger partial charge in [0.2, 0.25) is 0 Å². The number of nitrogens with zero attached hydrogens (tertiary/aromatic N) is 1. The molecule has 0 spiro atoms. The van der Waals surface area contributed by atoms with E-state index in [1.165, 1.54) is 41.8 Å². The summed E-state index contributed by atoms with van der Waals surface area (Å²) in [5, 5.41) is 5.80. The minimum absolute atomic E-state index is 0.811. The van der Waals surface area contributed by atoms with Crippen LogP contribution in [0.1, 0.15) is 17.7 Å². The second-order valence-electron chi connectivity index (χ2n) is 4.86. The van der Waals surface area contributed by atoms with E-state index in [1.807, 2.05) is 11.3 Å². The number of piperidine rings is 1. The molecule has 2 nitrogen and oxygen atoms in total. The molecule has 1 aromatic heterocycles. The number of hydrogen-bond donors (Lipinski definition) is 1. The Bertz CT molecular complexity index is 366. The molecular formula is C12H17BrN2S. The number of likely N-dealkylation sites (tertiary alicyclic amines) is 1. The van der Waals surface area contributed by atoms with Gasteiger partial charge in [0.15, 0.2) is 0 Å². The topological polar surface area (TPSA) is 15.3 Å². The molecule has 2 atom stereocenters. The SMILES string of the molecule is Brc1csc(CN2CCC3NCCC3C2)c1. The lowest BCUT2D eigenvalue weighted by atomic mass is 9.93. The van der Waals surface area contributed by atoms with Gasteiger partial charge in [-0.3, -0.25) is 4.90 Å². The normalized spacial score (nSPS) is 30.6. The first-order valence-electron chi connectivity index (χ1n) is 6.00. The second-order valence-corrected chi connectivity index (χ2v) is 6.78. The van der Waals surface area contributed by atoms with Gasteiger partial charge in [-0.15, -0.1) is 11.3 Å². The number of thiophene rings is 1. The second kappa shape index (κ2) is 4.77. The molecule has 0 amide bonds. The molecule has 0 aliphatic carbocycles. The standard InChI is InChI=1S/C12H17BrN2S/c13-10-5-11(16-8-10)7-15-4-2-12-9(6-15)1-3-14-12/h5,8-9,12,14H,1-4,6-7H2. The highest BCUT2D eigenvalue weighted by Gasteiger charge is 2.32. The van der Waals surface area contributed by atoms with Gasteiger partial charge in [-0.1, -0.05) is 0 Å². The average Bonchev–Trinajstić information content (AvgIpc) is 2.87. The number of nitrogens with one attached hydrogen (secondary N) is 1. The summed E-state index contributed by atoms with van der Waals surface area (Å²) >= 11 is 5.39. The predicted molar refractivity (Wildman–Crippen MR) is 71.8 cm³/mol. The fraction of sp³-hybridized carbons (Fsp3) is 0.667. The van der Waals surface area contributed by atoms with Crippen LogP contribution in [0.15, 0.2) is 15.9 Å². The summed E-state index contributed by atoms with van der Waals surface area (Å²) in [5.74, 6) is 0.900. The van der Waals surface area contributed by atoms with Crippen LogP contribution < -0.4 is 5.32 Å². The molecule has 0 aromatic carbocycles. The van der Waals surface area contributed by atoms with Crippen molar-refractivity contribution in [3.8, 4) is 0 Å². The zero-order valence-electron chi connectivity index (χ0n) is 9.29. The van der Waals surface area contributed by atoms with E-state index in [-0.39, 0.29) is 0 Å². The monoisotopic (exact) mass is 300 g/mol. The van der Waals surface area contributed by atoms with E-state index in [0.29, 0.717) is 0 Å². The average molecular weight is 301 g/mol. The molecule has 2 saturated heterocycles. The molecule has 0 bridgehead atoms. The summed E-state index contributed by atoms with van der Waals surface area (Å²) < 4.78 is 1.23. The third kappa shape index (κ3) is 2.35. The summed E-state index contributed by atoms with van der Waals surface area (Å²) in [6.45, 7) is 4.91. The molecule has 1 N–H and O–H groups in total. The van der Waals surface area contributed by atoms with Gasteiger partial charge in [-0.25, -0.2) is 0 Å². The lowest BCUT2D eigenvalue weighted by molar-refractivity contribution is 0.157. The molecule has 88 valence electrons. The summed E-state index contributed by atoms with van der Waals surface area (Å²) in [6.07, 6.45) is 2.70. The highest BCUT2D eigenvalue weighted by atomic mass is 79.9. The zero-order valence-corrected chi connectivity index (χ0v) is 11.7. The van der Waals surface area contributed by atoms with Gasteiger partial charge in [-0.05, 0) is 47.3 Å². The molecule has 0 saturated carbocycles. The van der Waals surface area contributed by atoms with Crippen LogP contribution in [0.3, 0.4) is 0 Å². The van der Waals surface area contributed by atoms with Crippen molar-refractivity contribution in [1.82, 2.24) is 10.2 Å². The van der Waals surface area contributed by atoms with Crippen LogP contribution in [0.2, 0.25) is 0 Å². The summed E-state index contributed by atoms with van der Waals surface area (Å²) in [7, 11) is 0. The van der Waals surface area contributed by atoms with Gasteiger partial charge in [0.05, 0.1) is 0 Å². The maximum absolute atomic E-state index is 3.62. The van der Waals surface area contributed by atoms with Crippen LogP contribution in [0, 0.1) is 5.92 Å². The van der Waals surface area contributed by atoms with Crippen LogP contribution in [0.25, 0.3) is 0 Å². The van der Waals surface area contributed by atoms with E-state index in [1.54, 1.807) is 0 Å². The van der Waals surface area contributed by atoms with Crippen LogP contribution in [0.4, 0.5) is 0 Å². The van der Waals surface area contributed by atoms with E-state index in [9.17, 15) is 0 Å².